The van der Waals surface area contributed by atoms with Gasteiger partial charge in [0.25, 0.3) is 0 Å². The van der Waals surface area contributed by atoms with Crippen molar-refractivity contribution in [1.29, 1.82) is 0 Å². The first-order valence-corrected chi connectivity index (χ1v) is 10.4. The Morgan fingerprint density at radius 3 is 2.61 bits per heavy atom. The van der Waals surface area contributed by atoms with Crippen molar-refractivity contribution in [2.75, 3.05) is 26.8 Å². The Balaban J connectivity index is 1.12. The summed E-state index contributed by atoms with van der Waals surface area (Å²) in [4.78, 5) is 26.2. The number of amides is 2. The molecule has 2 heterocycles. The van der Waals surface area contributed by atoms with Crippen LogP contribution in [0.25, 0.3) is 0 Å². The molecule has 150 valence electrons. The Hall–Kier alpha value is -2.24. The summed E-state index contributed by atoms with van der Waals surface area (Å²) in [6.07, 6.45) is 5.75. The van der Waals surface area contributed by atoms with Crippen LogP contribution in [0.5, 0.6) is 5.75 Å². The van der Waals surface area contributed by atoms with Crippen LogP contribution in [-0.2, 0) is 9.53 Å². The second kappa shape index (κ2) is 6.39. The number of carbonyl (C=O) groups excluding carboxylic acids is 2. The normalized spacial score (nSPS) is 27.7. The van der Waals surface area contributed by atoms with Gasteiger partial charge in [-0.3, -0.25) is 4.79 Å². The van der Waals surface area contributed by atoms with E-state index in [2.05, 4.69) is 28.4 Å². The van der Waals surface area contributed by atoms with Crippen molar-refractivity contribution in [2.24, 2.45) is 11.3 Å². The van der Waals surface area contributed by atoms with Gasteiger partial charge in [0.15, 0.2) is 0 Å². The molecule has 0 bridgehead atoms. The van der Waals surface area contributed by atoms with Crippen LogP contribution in [0.1, 0.15) is 50.0 Å². The average Bonchev–Trinajstić information content (AvgIpc) is 3.07. The highest BCUT2D eigenvalue weighted by molar-refractivity contribution is 5.81. The van der Waals surface area contributed by atoms with Gasteiger partial charge >= 0.3 is 6.09 Å². The van der Waals surface area contributed by atoms with E-state index >= 15 is 0 Å². The number of hydrogen-bond donors (Lipinski definition) is 1. The number of nitrogens with zero attached hydrogens (tertiary/aromatic N) is 1. The Bertz CT molecular complexity index is 785. The van der Waals surface area contributed by atoms with E-state index in [4.69, 9.17) is 9.47 Å². The van der Waals surface area contributed by atoms with Crippen molar-refractivity contribution in [3.05, 3.63) is 29.8 Å². The van der Waals surface area contributed by atoms with Crippen molar-refractivity contribution < 1.29 is 19.1 Å². The van der Waals surface area contributed by atoms with Gasteiger partial charge in [-0.15, -0.1) is 0 Å². The molecule has 2 amide bonds. The molecule has 2 saturated heterocycles. The van der Waals surface area contributed by atoms with Crippen molar-refractivity contribution in [1.82, 2.24) is 10.2 Å². The van der Waals surface area contributed by atoms with Crippen LogP contribution in [0.15, 0.2) is 24.3 Å². The molecule has 28 heavy (non-hydrogen) atoms. The Labute approximate surface area is 165 Å². The van der Waals surface area contributed by atoms with Gasteiger partial charge in [0.1, 0.15) is 12.4 Å². The standard InChI is InChI=1S/C22H28N2O4/c1-27-18-4-2-3-15(9-18)16-10-21(11-16)5-7-24(8-6-21)19(25)17-12-22(13-17)14-28-20(26)23-22/h2-4,9,16-17H,5-8,10-14H2,1H3,(H,23,26). The summed E-state index contributed by atoms with van der Waals surface area (Å²) in [6, 6.07) is 8.43. The molecule has 5 rings (SSSR count). The zero-order valence-corrected chi connectivity index (χ0v) is 16.4. The van der Waals surface area contributed by atoms with Crippen LogP contribution in [0.3, 0.4) is 0 Å². The molecule has 0 atom stereocenters. The number of carbonyl (C=O) groups is 2. The summed E-state index contributed by atoms with van der Waals surface area (Å²) in [7, 11) is 1.71. The van der Waals surface area contributed by atoms with E-state index in [-0.39, 0.29) is 23.5 Å². The lowest BCUT2D eigenvalue weighted by Crippen LogP contribution is -2.59. The fourth-order valence-corrected chi connectivity index (χ4v) is 5.76. The highest BCUT2D eigenvalue weighted by atomic mass is 16.6. The van der Waals surface area contributed by atoms with E-state index in [9.17, 15) is 9.59 Å². The number of ether oxygens (including phenoxy) is 2. The number of likely N-dealkylation sites (tertiary alicyclic amines) is 1. The summed E-state index contributed by atoms with van der Waals surface area (Å²) >= 11 is 0. The molecule has 0 radical (unpaired) electrons. The summed E-state index contributed by atoms with van der Waals surface area (Å²) in [5.41, 5.74) is 1.52. The number of rotatable bonds is 3. The van der Waals surface area contributed by atoms with Crippen LogP contribution < -0.4 is 10.1 Å². The monoisotopic (exact) mass is 384 g/mol. The molecule has 0 aromatic heterocycles. The van der Waals surface area contributed by atoms with Gasteiger partial charge < -0.3 is 19.7 Å². The smallest absolute Gasteiger partial charge is 0.407 e. The predicted molar refractivity (Wildman–Crippen MR) is 103 cm³/mol. The number of alkyl carbamates (subject to hydrolysis) is 1. The number of cyclic esters (lactones) is 1. The minimum absolute atomic E-state index is 0.0435. The van der Waals surface area contributed by atoms with Gasteiger partial charge in [0.2, 0.25) is 5.91 Å². The molecule has 2 saturated carbocycles. The third kappa shape index (κ3) is 2.93. The van der Waals surface area contributed by atoms with Gasteiger partial charge in [-0.2, -0.15) is 0 Å². The first-order valence-electron chi connectivity index (χ1n) is 10.4. The summed E-state index contributed by atoms with van der Waals surface area (Å²) in [6.45, 7) is 2.15. The molecule has 4 fully saturated rings. The predicted octanol–water partition coefficient (Wildman–Crippen LogP) is 3.07. The van der Waals surface area contributed by atoms with E-state index in [1.807, 2.05) is 6.07 Å². The first-order chi connectivity index (χ1) is 13.5. The molecular formula is C22H28N2O4. The van der Waals surface area contributed by atoms with E-state index in [0.717, 1.165) is 44.5 Å². The molecule has 6 heteroatoms. The summed E-state index contributed by atoms with van der Waals surface area (Å²) in [5.74, 6) is 1.86. The molecule has 1 aromatic carbocycles. The minimum atomic E-state index is -0.346. The van der Waals surface area contributed by atoms with E-state index < -0.39 is 0 Å². The maximum absolute atomic E-state index is 12.8. The molecule has 0 unspecified atom stereocenters. The summed E-state index contributed by atoms with van der Waals surface area (Å²) in [5, 5.41) is 2.87. The molecule has 6 nitrogen and oxygen atoms in total. The van der Waals surface area contributed by atoms with Crippen LogP contribution >= 0.6 is 0 Å². The topological polar surface area (TPSA) is 67.9 Å². The second-order valence-corrected chi connectivity index (χ2v) is 9.29. The quantitative estimate of drug-likeness (QED) is 0.870. The van der Waals surface area contributed by atoms with Crippen LogP contribution in [0.2, 0.25) is 0 Å². The number of piperidine rings is 1. The molecule has 2 spiro atoms. The van der Waals surface area contributed by atoms with Crippen molar-refractivity contribution in [2.45, 2.75) is 50.0 Å². The fraction of sp³-hybridized carbons (Fsp3) is 0.636. The lowest BCUT2D eigenvalue weighted by Gasteiger charge is -2.53. The number of benzene rings is 1. The van der Waals surface area contributed by atoms with Crippen molar-refractivity contribution in [3.8, 4) is 5.75 Å². The van der Waals surface area contributed by atoms with Crippen LogP contribution in [0.4, 0.5) is 4.79 Å². The third-order valence-corrected chi connectivity index (χ3v) is 7.53. The zero-order chi connectivity index (χ0) is 19.4. The Morgan fingerprint density at radius 2 is 1.96 bits per heavy atom. The highest BCUT2D eigenvalue weighted by Gasteiger charge is 2.54. The van der Waals surface area contributed by atoms with E-state index in [0.29, 0.717) is 17.9 Å². The Kier molecular flexibility index (Phi) is 4.07. The van der Waals surface area contributed by atoms with E-state index in [1.165, 1.54) is 18.4 Å². The van der Waals surface area contributed by atoms with Gasteiger partial charge in [0, 0.05) is 19.0 Å². The van der Waals surface area contributed by atoms with Gasteiger partial charge in [-0.25, -0.2) is 4.79 Å². The van der Waals surface area contributed by atoms with E-state index in [1.54, 1.807) is 7.11 Å². The number of nitrogens with one attached hydrogen (secondary N) is 1. The lowest BCUT2D eigenvalue weighted by atomic mass is 9.56. The molecule has 4 aliphatic rings. The average molecular weight is 384 g/mol. The highest BCUT2D eigenvalue weighted by Crippen LogP contribution is 2.57. The number of methoxy groups -OCH3 is 1. The largest absolute Gasteiger partial charge is 0.497 e. The zero-order valence-electron chi connectivity index (χ0n) is 16.4. The lowest BCUT2D eigenvalue weighted by molar-refractivity contribution is -0.144. The van der Waals surface area contributed by atoms with Gasteiger partial charge in [-0.05, 0) is 67.6 Å². The SMILES string of the molecule is COc1cccc(C2CC3(CCN(C(=O)C4CC5(COC(=O)N5)C4)CC3)C2)c1. The van der Waals surface area contributed by atoms with Gasteiger partial charge in [-0.1, -0.05) is 12.1 Å². The molecule has 2 aliphatic heterocycles. The molecule has 1 N–H and O–H groups in total. The maximum Gasteiger partial charge on any atom is 0.407 e. The van der Waals surface area contributed by atoms with Crippen LogP contribution in [-0.4, -0.2) is 49.2 Å². The number of hydrogen-bond acceptors (Lipinski definition) is 4. The Morgan fingerprint density at radius 1 is 1.21 bits per heavy atom. The maximum atomic E-state index is 12.8. The molecule has 1 aromatic rings. The van der Waals surface area contributed by atoms with Gasteiger partial charge in [0.05, 0.1) is 12.6 Å². The molecule has 2 aliphatic carbocycles. The fourth-order valence-electron chi connectivity index (χ4n) is 5.76. The first kappa shape index (κ1) is 17.8. The molecular weight excluding hydrogens is 356 g/mol. The van der Waals surface area contributed by atoms with Crippen molar-refractivity contribution in [3.63, 3.8) is 0 Å². The van der Waals surface area contributed by atoms with Crippen LogP contribution in [0, 0.1) is 11.3 Å². The minimum Gasteiger partial charge on any atom is -0.497 e. The summed E-state index contributed by atoms with van der Waals surface area (Å²) < 4.78 is 10.4. The van der Waals surface area contributed by atoms with Crippen molar-refractivity contribution >= 4 is 12.0 Å². The third-order valence-electron chi connectivity index (χ3n) is 7.53. The second-order valence-electron chi connectivity index (χ2n) is 9.29.